The standard InChI is InChI=1S/C18H26N2O2S/c1-15-6-8-16(9-7-15)14-23-12-10-19-17(21)13-20-11-4-2-3-5-18(20)22/h6-9H,2-5,10-14H2,1H3,(H,19,21). The Morgan fingerprint density at radius 1 is 1.22 bits per heavy atom. The molecule has 4 nitrogen and oxygen atoms in total. The van der Waals surface area contributed by atoms with E-state index in [2.05, 4.69) is 36.5 Å². The van der Waals surface area contributed by atoms with Crippen LogP contribution in [0.5, 0.6) is 0 Å². The maximum absolute atomic E-state index is 11.9. The summed E-state index contributed by atoms with van der Waals surface area (Å²) in [5, 5.41) is 2.91. The van der Waals surface area contributed by atoms with Crippen LogP contribution in [0.25, 0.3) is 0 Å². The highest BCUT2D eigenvalue weighted by Crippen LogP contribution is 2.12. The average Bonchev–Trinajstić information content (AvgIpc) is 2.74. The van der Waals surface area contributed by atoms with Gasteiger partial charge in [-0.05, 0) is 25.3 Å². The zero-order valence-corrected chi connectivity index (χ0v) is 14.7. The Morgan fingerprint density at radius 3 is 2.78 bits per heavy atom. The molecule has 0 saturated carbocycles. The Bertz CT molecular complexity index is 516. The van der Waals surface area contributed by atoms with E-state index in [0.717, 1.165) is 30.8 Å². The summed E-state index contributed by atoms with van der Waals surface area (Å²) in [6.45, 7) is 3.66. The van der Waals surface area contributed by atoms with E-state index in [1.165, 1.54) is 11.1 Å². The largest absolute Gasteiger partial charge is 0.354 e. The van der Waals surface area contributed by atoms with Gasteiger partial charge in [0.05, 0.1) is 6.54 Å². The van der Waals surface area contributed by atoms with Gasteiger partial charge in [-0.3, -0.25) is 9.59 Å². The van der Waals surface area contributed by atoms with Crippen molar-refractivity contribution in [1.29, 1.82) is 0 Å². The Labute approximate surface area is 143 Å². The summed E-state index contributed by atoms with van der Waals surface area (Å²) in [6, 6.07) is 8.53. The number of aryl methyl sites for hydroxylation is 1. The quantitative estimate of drug-likeness (QED) is 0.780. The predicted octanol–water partition coefficient (Wildman–Crippen LogP) is 2.75. The lowest BCUT2D eigenvalue weighted by Crippen LogP contribution is -2.41. The molecule has 0 bridgehead atoms. The molecule has 1 saturated heterocycles. The highest BCUT2D eigenvalue weighted by Gasteiger charge is 2.18. The monoisotopic (exact) mass is 334 g/mol. The predicted molar refractivity (Wildman–Crippen MR) is 95.4 cm³/mol. The SMILES string of the molecule is Cc1ccc(CSCCNC(=O)CN2CCCCCC2=O)cc1. The highest BCUT2D eigenvalue weighted by atomic mass is 32.2. The van der Waals surface area contributed by atoms with Crippen LogP contribution in [0.1, 0.15) is 36.8 Å². The molecule has 1 aliphatic rings. The number of nitrogens with zero attached hydrogens (tertiary/aromatic N) is 1. The number of likely N-dealkylation sites (tertiary alicyclic amines) is 1. The van der Waals surface area contributed by atoms with Gasteiger partial charge < -0.3 is 10.2 Å². The topological polar surface area (TPSA) is 49.4 Å². The lowest BCUT2D eigenvalue weighted by molar-refractivity contribution is -0.135. The van der Waals surface area contributed by atoms with Crippen molar-refractivity contribution in [3.05, 3.63) is 35.4 Å². The number of carbonyl (C=O) groups excluding carboxylic acids is 2. The normalized spacial score (nSPS) is 15.3. The van der Waals surface area contributed by atoms with Crippen molar-refractivity contribution in [2.45, 2.75) is 38.4 Å². The Morgan fingerprint density at radius 2 is 2.00 bits per heavy atom. The van der Waals surface area contributed by atoms with Crippen molar-refractivity contribution < 1.29 is 9.59 Å². The number of hydrogen-bond acceptors (Lipinski definition) is 3. The second-order valence-corrected chi connectivity index (χ2v) is 7.12. The maximum atomic E-state index is 11.9. The van der Waals surface area contributed by atoms with Crippen LogP contribution in [0.15, 0.2) is 24.3 Å². The molecule has 1 fully saturated rings. The van der Waals surface area contributed by atoms with Crippen LogP contribution in [0.3, 0.4) is 0 Å². The van der Waals surface area contributed by atoms with Crippen LogP contribution in [-0.4, -0.2) is 42.1 Å². The van der Waals surface area contributed by atoms with Crippen LogP contribution in [-0.2, 0) is 15.3 Å². The molecule has 23 heavy (non-hydrogen) atoms. The van der Waals surface area contributed by atoms with E-state index in [4.69, 9.17) is 0 Å². The van der Waals surface area contributed by atoms with E-state index in [-0.39, 0.29) is 18.4 Å². The third-order valence-electron chi connectivity index (χ3n) is 3.96. The molecular weight excluding hydrogens is 308 g/mol. The number of hydrogen-bond donors (Lipinski definition) is 1. The minimum absolute atomic E-state index is 0.0452. The van der Waals surface area contributed by atoms with Gasteiger partial charge in [0.2, 0.25) is 11.8 Å². The van der Waals surface area contributed by atoms with Crippen molar-refractivity contribution in [3.8, 4) is 0 Å². The third-order valence-corrected chi connectivity index (χ3v) is 4.99. The summed E-state index contributed by atoms with van der Waals surface area (Å²) in [5.74, 6) is 1.91. The number of carbonyl (C=O) groups is 2. The second kappa shape index (κ2) is 9.60. The van der Waals surface area contributed by atoms with E-state index in [0.29, 0.717) is 19.5 Å². The Kier molecular flexibility index (Phi) is 7.46. The van der Waals surface area contributed by atoms with Gasteiger partial charge in [0.15, 0.2) is 0 Å². The maximum Gasteiger partial charge on any atom is 0.239 e. The minimum Gasteiger partial charge on any atom is -0.354 e. The third kappa shape index (κ3) is 6.65. The first-order chi connectivity index (χ1) is 11.1. The molecule has 1 aromatic carbocycles. The van der Waals surface area contributed by atoms with Crippen molar-refractivity contribution in [2.75, 3.05) is 25.4 Å². The lowest BCUT2D eigenvalue weighted by atomic mass is 10.2. The molecule has 2 rings (SSSR count). The molecule has 1 aromatic rings. The smallest absolute Gasteiger partial charge is 0.239 e. The van der Waals surface area contributed by atoms with Crippen molar-refractivity contribution in [3.63, 3.8) is 0 Å². The summed E-state index contributed by atoms with van der Waals surface area (Å²) in [4.78, 5) is 25.5. The fourth-order valence-electron chi connectivity index (χ4n) is 2.57. The lowest BCUT2D eigenvalue weighted by Gasteiger charge is -2.19. The molecule has 0 radical (unpaired) electrons. The van der Waals surface area contributed by atoms with Crippen LogP contribution in [0, 0.1) is 6.92 Å². The number of thioether (sulfide) groups is 1. The van der Waals surface area contributed by atoms with Gasteiger partial charge in [0, 0.05) is 31.0 Å². The molecule has 0 atom stereocenters. The molecule has 126 valence electrons. The zero-order valence-electron chi connectivity index (χ0n) is 13.8. The molecule has 1 aliphatic heterocycles. The van der Waals surface area contributed by atoms with Gasteiger partial charge in [-0.25, -0.2) is 0 Å². The molecule has 0 aromatic heterocycles. The van der Waals surface area contributed by atoms with E-state index < -0.39 is 0 Å². The molecule has 1 heterocycles. The Hall–Kier alpha value is -1.49. The number of benzene rings is 1. The van der Waals surface area contributed by atoms with Gasteiger partial charge in [-0.2, -0.15) is 11.8 Å². The van der Waals surface area contributed by atoms with E-state index >= 15 is 0 Å². The highest BCUT2D eigenvalue weighted by molar-refractivity contribution is 7.98. The van der Waals surface area contributed by atoms with Gasteiger partial charge in [0.25, 0.3) is 0 Å². The number of amides is 2. The van der Waals surface area contributed by atoms with E-state index in [1.54, 1.807) is 4.90 Å². The van der Waals surface area contributed by atoms with Crippen molar-refractivity contribution in [2.24, 2.45) is 0 Å². The number of rotatable bonds is 7. The fourth-order valence-corrected chi connectivity index (χ4v) is 3.39. The number of nitrogens with one attached hydrogen (secondary N) is 1. The molecule has 1 N–H and O–H groups in total. The summed E-state index contributed by atoms with van der Waals surface area (Å²) in [7, 11) is 0. The summed E-state index contributed by atoms with van der Waals surface area (Å²) >= 11 is 1.81. The summed E-state index contributed by atoms with van der Waals surface area (Å²) < 4.78 is 0. The molecule has 0 unspecified atom stereocenters. The first kappa shape index (κ1) is 17.9. The molecule has 0 spiro atoms. The minimum atomic E-state index is -0.0452. The fraction of sp³-hybridized carbons (Fsp3) is 0.556. The molecular formula is C18H26N2O2S. The van der Waals surface area contributed by atoms with Gasteiger partial charge >= 0.3 is 0 Å². The van der Waals surface area contributed by atoms with Gasteiger partial charge in [-0.15, -0.1) is 0 Å². The van der Waals surface area contributed by atoms with Crippen LogP contribution >= 0.6 is 11.8 Å². The molecule has 0 aliphatic carbocycles. The zero-order chi connectivity index (χ0) is 16.5. The van der Waals surface area contributed by atoms with Crippen molar-refractivity contribution >= 4 is 23.6 Å². The van der Waals surface area contributed by atoms with Crippen LogP contribution in [0.4, 0.5) is 0 Å². The molecule has 5 heteroatoms. The van der Waals surface area contributed by atoms with Crippen LogP contribution in [0.2, 0.25) is 0 Å². The van der Waals surface area contributed by atoms with Gasteiger partial charge in [-0.1, -0.05) is 36.2 Å². The summed E-state index contributed by atoms with van der Waals surface area (Å²) in [6.07, 6.45) is 3.62. The van der Waals surface area contributed by atoms with E-state index in [1.807, 2.05) is 11.8 Å². The summed E-state index contributed by atoms with van der Waals surface area (Å²) in [5.41, 5.74) is 2.58. The Balaban J connectivity index is 1.59. The molecule has 2 amide bonds. The first-order valence-electron chi connectivity index (χ1n) is 8.33. The van der Waals surface area contributed by atoms with Gasteiger partial charge in [0.1, 0.15) is 0 Å². The van der Waals surface area contributed by atoms with Crippen molar-refractivity contribution in [1.82, 2.24) is 10.2 Å². The second-order valence-electron chi connectivity index (χ2n) is 6.01. The first-order valence-corrected chi connectivity index (χ1v) is 9.48. The van der Waals surface area contributed by atoms with E-state index in [9.17, 15) is 9.59 Å². The average molecular weight is 334 g/mol. The van der Waals surface area contributed by atoms with Crippen LogP contribution < -0.4 is 5.32 Å².